The minimum Gasteiger partial charge on any atom is -0.458 e. The summed E-state index contributed by atoms with van der Waals surface area (Å²) in [5.41, 5.74) is -7.31. The predicted octanol–water partition coefficient (Wildman–Crippen LogP) is 5.60. The number of aliphatic hydroxyl groups excluding tert-OH is 1. The average molecular weight is 958 g/mol. The Morgan fingerprint density at radius 1 is 0.714 bits per heavy atom. The summed E-state index contributed by atoms with van der Waals surface area (Å²) in [6, 6.07) is 30.8. The van der Waals surface area contributed by atoms with Crippen LogP contribution < -0.4 is 5.32 Å². The molecule has 0 spiro atoms. The zero-order valence-corrected chi connectivity index (χ0v) is 39.5. The van der Waals surface area contributed by atoms with E-state index in [-0.39, 0.29) is 40.9 Å². The molecule has 1 aliphatic heterocycles. The van der Waals surface area contributed by atoms with Gasteiger partial charge in [0.05, 0.1) is 35.1 Å². The number of carbonyl (C=O) groups is 7. The van der Waals surface area contributed by atoms with Crippen molar-refractivity contribution in [3.63, 3.8) is 0 Å². The fraction of sp³-hybridized carbons (Fsp3) is 0.389. The molecule has 1 unspecified atom stereocenters. The highest BCUT2D eigenvalue weighted by molar-refractivity contribution is 5.97. The maximum atomic E-state index is 16.2. The third-order valence-corrected chi connectivity index (χ3v) is 14.7. The van der Waals surface area contributed by atoms with Crippen LogP contribution in [-0.2, 0) is 47.6 Å². The number of hydrogen-bond acceptors (Lipinski definition) is 15. The second-order valence-corrected chi connectivity index (χ2v) is 19.1. The predicted molar refractivity (Wildman–Crippen MR) is 247 cm³/mol. The molecule has 16 heteroatoms. The summed E-state index contributed by atoms with van der Waals surface area (Å²) in [5.74, 6) is -7.90. The van der Waals surface area contributed by atoms with Gasteiger partial charge in [-0.25, -0.2) is 14.4 Å². The van der Waals surface area contributed by atoms with Gasteiger partial charge in [0.15, 0.2) is 23.6 Å². The lowest BCUT2D eigenvalue weighted by Crippen LogP contribution is -2.82. The molecule has 0 radical (unpaired) electrons. The molecule has 3 aliphatic carbocycles. The molecule has 1 amide bonds. The summed E-state index contributed by atoms with van der Waals surface area (Å²) in [6.07, 6.45) is -10.8. The molecule has 4 aromatic rings. The van der Waals surface area contributed by atoms with Gasteiger partial charge in [-0.1, -0.05) is 98.8 Å². The maximum Gasteiger partial charge on any atom is 0.338 e. The van der Waals surface area contributed by atoms with Crippen molar-refractivity contribution in [1.29, 1.82) is 0 Å². The van der Waals surface area contributed by atoms with Crippen molar-refractivity contribution in [2.45, 2.75) is 108 Å². The van der Waals surface area contributed by atoms with Gasteiger partial charge in [0, 0.05) is 37.7 Å². The number of fused-ring (bicyclic) bond motifs is 5. The summed E-state index contributed by atoms with van der Waals surface area (Å²) in [4.78, 5) is 99.5. The van der Waals surface area contributed by atoms with Gasteiger partial charge in [-0.2, -0.15) is 0 Å². The summed E-state index contributed by atoms with van der Waals surface area (Å²) < 4.78 is 37.3. The van der Waals surface area contributed by atoms with Gasteiger partial charge >= 0.3 is 29.8 Å². The van der Waals surface area contributed by atoms with Crippen molar-refractivity contribution in [3.05, 3.63) is 155 Å². The number of Topliss-reactive ketones (excluding diaryl/α,β-unsaturated/α-hetero) is 1. The van der Waals surface area contributed by atoms with Crippen LogP contribution in [0.3, 0.4) is 0 Å². The first-order chi connectivity index (χ1) is 33.2. The Morgan fingerprint density at radius 2 is 1.24 bits per heavy atom. The molecule has 8 rings (SSSR count). The first-order valence-electron chi connectivity index (χ1n) is 23.0. The van der Waals surface area contributed by atoms with Crippen molar-refractivity contribution < 1.29 is 72.2 Å². The molecule has 70 heavy (non-hydrogen) atoms. The van der Waals surface area contributed by atoms with Crippen molar-refractivity contribution in [1.82, 2.24) is 5.32 Å². The van der Waals surface area contributed by atoms with Crippen LogP contribution in [0.2, 0.25) is 0 Å². The second kappa shape index (κ2) is 19.1. The second-order valence-electron chi connectivity index (χ2n) is 19.1. The normalized spacial score (nSPS) is 29.4. The Labute approximate surface area is 404 Å². The lowest BCUT2D eigenvalue weighted by atomic mass is 9.44. The van der Waals surface area contributed by atoms with Gasteiger partial charge in [-0.15, -0.1) is 0 Å². The van der Waals surface area contributed by atoms with Crippen LogP contribution in [0.25, 0.3) is 0 Å². The molecule has 2 bridgehead atoms. The Bertz CT molecular complexity index is 2710. The molecule has 366 valence electrons. The Morgan fingerprint density at radius 3 is 1.76 bits per heavy atom. The number of esters is 5. The van der Waals surface area contributed by atoms with Crippen LogP contribution in [0.4, 0.5) is 0 Å². The number of rotatable bonds is 12. The maximum absolute atomic E-state index is 16.2. The first-order valence-corrected chi connectivity index (χ1v) is 23.0. The third kappa shape index (κ3) is 8.57. The topological polar surface area (TPSA) is 227 Å². The monoisotopic (exact) mass is 957 g/mol. The number of hydrogen-bond donors (Lipinski definition) is 3. The molecular formula is C54H55NO15. The highest BCUT2D eigenvalue weighted by Crippen LogP contribution is 2.65. The number of benzene rings is 4. The van der Waals surface area contributed by atoms with Crippen LogP contribution in [0.1, 0.15) is 97.1 Å². The third-order valence-electron chi connectivity index (χ3n) is 14.7. The molecule has 4 aromatic carbocycles. The molecule has 16 nitrogen and oxygen atoms in total. The van der Waals surface area contributed by atoms with Gasteiger partial charge < -0.3 is 44.0 Å². The SMILES string of the molecule is CC(=O)O[C@H]1C(=O)[C@@]2(C)C([C@H](OC(=O)c3ccccc3)[C@]3(O)C[C@H](OC(=O)[C@H](O)[C@@H](NC(=O)c4ccccc4)c4ccccc4)C(C)=C1C3(C)C)[C@]1(OC(C)=O)CO[C@@H]1C[C@@H]2OC(=O)c1ccccc1. The number of nitrogens with one attached hydrogen (secondary N) is 1. The smallest absolute Gasteiger partial charge is 0.338 e. The summed E-state index contributed by atoms with van der Waals surface area (Å²) in [5, 5.41) is 28.7. The molecule has 2 saturated carbocycles. The van der Waals surface area contributed by atoms with E-state index in [0.717, 1.165) is 13.8 Å². The molecular weight excluding hydrogens is 903 g/mol. The number of ketones is 1. The average Bonchev–Trinajstić information content (AvgIpc) is 3.34. The van der Waals surface area contributed by atoms with Gasteiger partial charge in [-0.05, 0) is 67.0 Å². The van der Waals surface area contributed by atoms with Crippen molar-refractivity contribution in [2.75, 3.05) is 6.61 Å². The van der Waals surface area contributed by atoms with Crippen LogP contribution in [0.5, 0.6) is 0 Å². The van der Waals surface area contributed by atoms with E-state index in [1.165, 1.54) is 38.1 Å². The lowest BCUT2D eigenvalue weighted by molar-refractivity contribution is -0.345. The van der Waals surface area contributed by atoms with E-state index >= 15 is 4.79 Å². The Hall–Kier alpha value is -7.01. The summed E-state index contributed by atoms with van der Waals surface area (Å²) in [7, 11) is 0. The number of carbonyl (C=O) groups excluding carboxylic acids is 7. The molecule has 3 fully saturated rings. The van der Waals surface area contributed by atoms with Gasteiger partial charge in [0.25, 0.3) is 5.91 Å². The van der Waals surface area contributed by atoms with Crippen molar-refractivity contribution >= 4 is 41.5 Å². The zero-order valence-electron chi connectivity index (χ0n) is 39.5. The minimum atomic E-state index is -2.47. The van der Waals surface area contributed by atoms with Gasteiger partial charge in [-0.3, -0.25) is 19.2 Å². The van der Waals surface area contributed by atoms with E-state index in [4.69, 9.17) is 28.4 Å². The van der Waals surface area contributed by atoms with E-state index in [2.05, 4.69) is 5.32 Å². The van der Waals surface area contributed by atoms with E-state index < -0.39 is 119 Å². The molecule has 3 N–H and O–H groups in total. The van der Waals surface area contributed by atoms with E-state index in [9.17, 15) is 39.0 Å². The Balaban J connectivity index is 1.31. The fourth-order valence-corrected chi connectivity index (χ4v) is 11.1. The molecule has 4 aliphatic rings. The molecule has 1 saturated heterocycles. The quantitative estimate of drug-likeness (QED) is 0.0892. The fourth-order valence-electron chi connectivity index (χ4n) is 11.1. The highest BCUT2D eigenvalue weighted by Gasteiger charge is 2.79. The van der Waals surface area contributed by atoms with E-state index in [1.54, 1.807) is 111 Å². The van der Waals surface area contributed by atoms with Crippen LogP contribution >= 0.6 is 0 Å². The van der Waals surface area contributed by atoms with E-state index in [0.29, 0.717) is 5.56 Å². The van der Waals surface area contributed by atoms with Crippen LogP contribution in [-0.4, -0.2) is 106 Å². The summed E-state index contributed by atoms with van der Waals surface area (Å²) in [6.45, 7) is 7.95. The Kier molecular flexibility index (Phi) is 13.5. The number of aliphatic hydroxyl groups is 2. The standard InChI is InChI=1S/C54H55NO15/c1-30-37(67-50(63)42(58)41(33-19-11-7-12-20-33)55-47(60)34-21-13-8-14-22-34)28-54(64)46(69-49(62)36-25-17-10-18-26-36)44-52(6,45(59)43(66-31(2)56)40(30)51(54,4)5)38(68-48(61)35-23-15-9-16-24-35)27-39-53(44,29-65-39)70-32(3)57/h7-26,37-39,41-44,46,58,64H,27-29H2,1-6H3,(H,55,60)/t37-,38-,39+,41-,42+,43+,44?,46-,52+,53-,54+/m0/s1. The van der Waals surface area contributed by atoms with Gasteiger partial charge in [0.1, 0.15) is 30.0 Å². The summed E-state index contributed by atoms with van der Waals surface area (Å²) >= 11 is 0. The van der Waals surface area contributed by atoms with Crippen molar-refractivity contribution in [2.24, 2.45) is 16.7 Å². The highest BCUT2D eigenvalue weighted by atomic mass is 16.6. The van der Waals surface area contributed by atoms with E-state index in [1.807, 2.05) is 0 Å². The van der Waals surface area contributed by atoms with Crippen LogP contribution in [0.15, 0.2) is 132 Å². The zero-order chi connectivity index (χ0) is 50.3. The molecule has 0 aromatic heterocycles. The molecule has 1 heterocycles. The van der Waals surface area contributed by atoms with Crippen LogP contribution in [0, 0.1) is 16.7 Å². The minimum absolute atomic E-state index is 0.0344. The molecule has 11 atom stereocenters. The lowest BCUT2D eigenvalue weighted by Gasteiger charge is -2.67. The first kappa shape index (κ1) is 49.4. The van der Waals surface area contributed by atoms with Crippen molar-refractivity contribution in [3.8, 4) is 0 Å². The largest absolute Gasteiger partial charge is 0.458 e. The van der Waals surface area contributed by atoms with Gasteiger partial charge in [0.2, 0.25) is 0 Å². The number of amides is 1. The number of ether oxygens (including phenoxy) is 6.